The molecule has 0 bridgehead atoms. The molecule has 0 heterocycles. The second-order valence-corrected chi connectivity index (χ2v) is 5.80. The summed E-state index contributed by atoms with van der Waals surface area (Å²) in [5.41, 5.74) is 2.42. The maximum atomic E-state index is 8.56. The molecule has 12 nitrogen and oxygen atoms in total. The van der Waals surface area contributed by atoms with E-state index in [9.17, 15) is 0 Å². The molecule has 2 aromatic rings. The van der Waals surface area contributed by atoms with Crippen molar-refractivity contribution in [3.63, 3.8) is 0 Å². The van der Waals surface area contributed by atoms with Gasteiger partial charge in [0.25, 0.3) is 0 Å². The topological polar surface area (TPSA) is 230 Å². The predicted octanol–water partition coefficient (Wildman–Crippen LogP) is 5.77. The molecular weight excluding hydrogens is 544 g/mol. The van der Waals surface area contributed by atoms with Crippen LogP contribution in [0.3, 0.4) is 0 Å². The molecule has 0 aromatic heterocycles. The highest BCUT2D eigenvalue weighted by atomic mass is 79.9. The number of benzene rings is 2. The highest BCUT2D eigenvalue weighted by Crippen LogP contribution is 2.32. The van der Waals surface area contributed by atoms with Crippen molar-refractivity contribution < 1.29 is 60.0 Å². The molecule has 0 amide bonds. The average Bonchev–Trinajstić information content (AvgIpc) is 2.54. The van der Waals surface area contributed by atoms with Crippen LogP contribution in [0, 0.1) is 0 Å². The van der Waals surface area contributed by atoms with E-state index in [1.807, 2.05) is 24.3 Å². The van der Waals surface area contributed by atoms with E-state index in [0.29, 0.717) is 0 Å². The lowest BCUT2D eigenvalue weighted by molar-refractivity contribution is 0.135. The van der Waals surface area contributed by atoms with Crippen LogP contribution < -0.4 is 0 Å². The van der Waals surface area contributed by atoms with Crippen LogP contribution in [-0.4, -0.2) is 65.5 Å². The standard InChI is InChI=1S/C12H8Br2.4CH2O3/c13-11-7-3-1-5-9(11)10-6-2-4-8-12(10)14;4*2-1(3)4/h1-8H;4*(H2,2,3,4). The quantitative estimate of drug-likeness (QED) is 0.208. The van der Waals surface area contributed by atoms with Gasteiger partial charge in [-0.15, -0.1) is 0 Å². The first-order valence-electron chi connectivity index (χ1n) is 6.89. The molecule has 0 fully saturated rings. The molecule has 0 unspecified atom stereocenters. The molecule has 8 N–H and O–H groups in total. The highest BCUT2D eigenvalue weighted by Gasteiger charge is 2.04. The van der Waals surface area contributed by atoms with Gasteiger partial charge in [0.1, 0.15) is 0 Å². The lowest BCUT2D eigenvalue weighted by atomic mass is 10.1. The molecule has 0 atom stereocenters. The molecule has 0 saturated carbocycles. The van der Waals surface area contributed by atoms with Gasteiger partial charge in [-0.25, -0.2) is 19.2 Å². The van der Waals surface area contributed by atoms with Crippen molar-refractivity contribution in [2.45, 2.75) is 0 Å². The number of carbonyl (C=O) groups is 4. The van der Waals surface area contributed by atoms with Gasteiger partial charge in [-0.3, -0.25) is 0 Å². The second kappa shape index (κ2) is 18.8. The van der Waals surface area contributed by atoms with Crippen molar-refractivity contribution in [2.24, 2.45) is 0 Å². The Morgan fingerprint density at radius 1 is 0.467 bits per heavy atom. The normalized spacial score (nSPS) is 7.93. The van der Waals surface area contributed by atoms with Crippen LogP contribution in [0.25, 0.3) is 11.1 Å². The number of halogens is 2. The predicted molar refractivity (Wildman–Crippen MR) is 110 cm³/mol. The van der Waals surface area contributed by atoms with Crippen molar-refractivity contribution in [2.75, 3.05) is 0 Å². The van der Waals surface area contributed by atoms with Gasteiger partial charge in [0, 0.05) is 8.95 Å². The van der Waals surface area contributed by atoms with Gasteiger partial charge < -0.3 is 40.9 Å². The van der Waals surface area contributed by atoms with E-state index < -0.39 is 24.6 Å². The minimum absolute atomic E-state index is 1.12. The highest BCUT2D eigenvalue weighted by molar-refractivity contribution is 9.11. The largest absolute Gasteiger partial charge is 0.503 e. The molecule has 0 saturated heterocycles. The Labute approximate surface area is 185 Å². The van der Waals surface area contributed by atoms with Crippen LogP contribution in [0.5, 0.6) is 0 Å². The molecule has 0 aliphatic rings. The van der Waals surface area contributed by atoms with Crippen LogP contribution in [0.4, 0.5) is 19.2 Å². The van der Waals surface area contributed by atoms with E-state index in [1.54, 1.807) is 0 Å². The summed E-state index contributed by atoms with van der Waals surface area (Å²) in [5, 5.41) is 55.8. The minimum Gasteiger partial charge on any atom is -0.450 e. The fraction of sp³-hybridized carbons (Fsp3) is 0. The summed E-state index contributed by atoms with van der Waals surface area (Å²) in [5.74, 6) is 0. The number of hydrogen-bond acceptors (Lipinski definition) is 4. The Bertz CT molecular complexity index is 703. The van der Waals surface area contributed by atoms with Crippen LogP contribution in [0.1, 0.15) is 0 Å². The van der Waals surface area contributed by atoms with Crippen LogP contribution in [0.2, 0.25) is 0 Å². The zero-order valence-corrected chi connectivity index (χ0v) is 17.8. The Morgan fingerprint density at radius 2 is 0.633 bits per heavy atom. The van der Waals surface area contributed by atoms with Gasteiger partial charge in [-0.1, -0.05) is 68.3 Å². The Kier molecular flexibility index (Phi) is 19.6. The third-order valence-electron chi connectivity index (χ3n) is 2.04. The average molecular weight is 560 g/mol. The van der Waals surface area contributed by atoms with Gasteiger partial charge in [0.15, 0.2) is 0 Å². The molecule has 14 heteroatoms. The molecule has 2 rings (SSSR count). The molecule has 30 heavy (non-hydrogen) atoms. The Balaban J connectivity index is -0.000000378. The molecule has 166 valence electrons. The fourth-order valence-electron chi connectivity index (χ4n) is 1.36. The molecule has 2 aromatic carbocycles. The Hall–Kier alpha value is -3.52. The molecule has 0 radical (unpaired) electrons. The lowest BCUT2D eigenvalue weighted by Crippen LogP contribution is -1.81. The monoisotopic (exact) mass is 558 g/mol. The Morgan fingerprint density at radius 3 is 0.800 bits per heavy atom. The van der Waals surface area contributed by atoms with Crippen LogP contribution >= 0.6 is 31.9 Å². The molecule has 0 aliphatic heterocycles. The van der Waals surface area contributed by atoms with Gasteiger partial charge >= 0.3 is 24.6 Å². The van der Waals surface area contributed by atoms with Crippen LogP contribution in [0.15, 0.2) is 57.5 Å². The summed E-state index contributed by atoms with van der Waals surface area (Å²) in [4.78, 5) is 34.2. The third-order valence-corrected chi connectivity index (χ3v) is 3.42. The summed E-state index contributed by atoms with van der Waals surface area (Å²) in [6.07, 6.45) is -7.33. The van der Waals surface area contributed by atoms with E-state index in [2.05, 4.69) is 56.1 Å². The zero-order chi connectivity index (χ0) is 24.3. The second-order valence-electron chi connectivity index (χ2n) is 4.09. The zero-order valence-electron chi connectivity index (χ0n) is 14.6. The smallest absolute Gasteiger partial charge is 0.450 e. The SMILES string of the molecule is Brc1ccccc1-c1ccccc1Br.O=C(O)O.O=C(O)O.O=C(O)O.O=C(O)O. The van der Waals surface area contributed by atoms with Crippen molar-refractivity contribution in [1.29, 1.82) is 0 Å². The summed E-state index contributed by atoms with van der Waals surface area (Å²) >= 11 is 7.09. The number of hydrogen-bond donors (Lipinski definition) is 8. The first-order valence-corrected chi connectivity index (χ1v) is 8.47. The maximum absolute atomic E-state index is 8.56. The third kappa shape index (κ3) is 26.7. The summed E-state index contributed by atoms with van der Waals surface area (Å²) in [7, 11) is 0. The lowest BCUT2D eigenvalue weighted by Gasteiger charge is -2.06. The maximum Gasteiger partial charge on any atom is 0.503 e. The van der Waals surface area contributed by atoms with Crippen molar-refractivity contribution in [3.05, 3.63) is 57.5 Å². The number of rotatable bonds is 1. The minimum atomic E-state index is -1.83. The van der Waals surface area contributed by atoms with Gasteiger partial charge in [0.2, 0.25) is 0 Å². The van der Waals surface area contributed by atoms with Gasteiger partial charge in [0.05, 0.1) is 0 Å². The molecule has 0 spiro atoms. The number of carboxylic acid groups (broad SMARTS) is 8. The molecule has 0 aliphatic carbocycles. The summed E-state index contributed by atoms with van der Waals surface area (Å²) in [6.45, 7) is 0. The molecular formula is C16H16Br2O12. The van der Waals surface area contributed by atoms with E-state index in [1.165, 1.54) is 11.1 Å². The summed E-state index contributed by atoms with van der Waals surface area (Å²) in [6, 6.07) is 16.4. The van der Waals surface area contributed by atoms with E-state index in [4.69, 9.17) is 60.0 Å². The van der Waals surface area contributed by atoms with Crippen molar-refractivity contribution >= 4 is 56.5 Å². The van der Waals surface area contributed by atoms with Crippen LogP contribution in [-0.2, 0) is 0 Å². The van der Waals surface area contributed by atoms with Gasteiger partial charge in [-0.2, -0.15) is 0 Å². The van der Waals surface area contributed by atoms with Crippen molar-refractivity contribution in [3.8, 4) is 11.1 Å². The van der Waals surface area contributed by atoms with E-state index in [0.717, 1.165) is 8.95 Å². The summed E-state index contributed by atoms with van der Waals surface area (Å²) < 4.78 is 2.24. The van der Waals surface area contributed by atoms with Gasteiger partial charge in [-0.05, 0) is 23.3 Å². The first-order chi connectivity index (χ1) is 13.7. The first kappa shape index (κ1) is 31.2. The van der Waals surface area contributed by atoms with Crippen molar-refractivity contribution in [1.82, 2.24) is 0 Å². The van der Waals surface area contributed by atoms with E-state index >= 15 is 0 Å². The fourth-order valence-corrected chi connectivity index (χ4v) is 2.36. The van der Waals surface area contributed by atoms with E-state index in [-0.39, 0.29) is 0 Å².